The third-order valence-electron chi connectivity index (χ3n) is 3.90. The van der Waals surface area contributed by atoms with E-state index in [1.807, 2.05) is 0 Å². The SMILES string of the molecule is [2H][B-](C(C)CC)(C(C)CC)C(C)CC.[Li+]. The van der Waals surface area contributed by atoms with Gasteiger partial charge in [-0.3, -0.25) is 0 Å². The first-order valence-corrected chi connectivity index (χ1v) is 6.08. The standard InChI is InChI=1S/C12H28B.Li/c1-7-10(4)13(11(5)8-2)12(6)9-3;/h10-13H,7-9H2,1-6H3;/q-1;+1/i13D;. The maximum Gasteiger partial charge on any atom is 1.00 e. The van der Waals surface area contributed by atoms with Crippen LogP contribution >= 0.6 is 0 Å². The maximum absolute atomic E-state index is 8.80. The Morgan fingerprint density at radius 3 is 1.21 bits per heavy atom. The summed E-state index contributed by atoms with van der Waals surface area (Å²) in [5.74, 6) is 1.71. The van der Waals surface area contributed by atoms with Crippen LogP contribution in [0.4, 0.5) is 0 Å². The monoisotopic (exact) mass is 191 g/mol. The topological polar surface area (TPSA) is 0 Å². The summed E-state index contributed by atoms with van der Waals surface area (Å²) in [5.41, 5.74) is 0. The van der Waals surface area contributed by atoms with E-state index < -0.39 is 6.68 Å². The fourth-order valence-electron chi connectivity index (χ4n) is 2.50. The Kier molecular flexibility index (Phi) is 9.35. The first-order valence-electron chi connectivity index (χ1n) is 6.66. The molecule has 0 fully saturated rings. The molecule has 0 aromatic carbocycles. The third kappa shape index (κ3) is 4.94. The van der Waals surface area contributed by atoms with Gasteiger partial charge in [0, 0.05) is 0 Å². The van der Waals surface area contributed by atoms with Crippen LogP contribution in [0, 0.1) is 0 Å². The Balaban J connectivity index is 0. The predicted octanol–water partition coefficient (Wildman–Crippen LogP) is 1.62. The van der Waals surface area contributed by atoms with E-state index in [0.29, 0.717) is 17.5 Å². The van der Waals surface area contributed by atoms with Crippen molar-refractivity contribution in [1.82, 2.24) is 0 Å². The van der Waals surface area contributed by atoms with E-state index in [2.05, 4.69) is 41.5 Å². The average Bonchev–Trinajstić information content (AvgIpc) is 2.24. The van der Waals surface area contributed by atoms with Crippen molar-refractivity contribution < 1.29 is 18.9 Å². The van der Waals surface area contributed by atoms with Crippen molar-refractivity contribution in [3.8, 4) is 0 Å². The molecular formula is C12H28BLi. The molecule has 0 saturated heterocycles. The molecule has 0 rings (SSSR count). The van der Waals surface area contributed by atoms with Gasteiger partial charge in [-0.25, -0.2) is 1.34 Å². The van der Waals surface area contributed by atoms with Gasteiger partial charge >= 0.3 is 18.9 Å². The molecule has 3 atom stereocenters. The summed E-state index contributed by atoms with van der Waals surface area (Å²) in [6.07, 6.45) is 3.45. The summed E-state index contributed by atoms with van der Waals surface area (Å²) in [6.45, 7) is 12.5. The first kappa shape index (κ1) is 14.7. The molecule has 0 radical (unpaired) electrons. The van der Waals surface area contributed by atoms with E-state index in [9.17, 15) is 0 Å². The molecule has 3 unspecified atom stereocenters. The summed E-state index contributed by atoms with van der Waals surface area (Å²) in [5, 5.41) is 0. The van der Waals surface area contributed by atoms with Gasteiger partial charge < -0.3 is 0 Å². The van der Waals surface area contributed by atoms with E-state index in [1.165, 1.54) is 0 Å². The second-order valence-corrected chi connectivity index (χ2v) is 4.73. The second-order valence-electron chi connectivity index (χ2n) is 4.73. The minimum absolute atomic E-state index is 0. The molecule has 2 heteroatoms. The van der Waals surface area contributed by atoms with Crippen LogP contribution in [0.5, 0.6) is 0 Å². The molecule has 0 bridgehead atoms. The average molecular weight is 191 g/mol. The van der Waals surface area contributed by atoms with E-state index in [-0.39, 0.29) is 18.9 Å². The van der Waals surface area contributed by atoms with Crippen LogP contribution in [0.3, 0.4) is 0 Å². The fraction of sp³-hybridized carbons (Fsp3) is 1.00. The Morgan fingerprint density at radius 1 is 0.857 bits per heavy atom. The maximum atomic E-state index is 8.80. The van der Waals surface area contributed by atoms with Crippen molar-refractivity contribution >= 4 is 6.68 Å². The summed E-state index contributed by atoms with van der Waals surface area (Å²) < 4.78 is 8.80. The second kappa shape index (κ2) is 8.93. The van der Waals surface area contributed by atoms with Gasteiger partial charge in [0.1, 0.15) is 0 Å². The Bertz CT molecular complexity index is 137. The van der Waals surface area contributed by atoms with Gasteiger partial charge in [0.05, 0.1) is 0 Å². The van der Waals surface area contributed by atoms with E-state index in [4.69, 9.17) is 1.34 Å². The zero-order chi connectivity index (χ0) is 11.4. The summed E-state index contributed by atoms with van der Waals surface area (Å²) in [7, 11) is 0. The van der Waals surface area contributed by atoms with Crippen LogP contribution in [0.15, 0.2) is 0 Å². The largest absolute Gasteiger partial charge is 1.00 e. The van der Waals surface area contributed by atoms with Crippen LogP contribution in [0.1, 0.15) is 60.8 Å². The normalized spacial score (nSPS) is 22.6. The summed E-state index contributed by atoms with van der Waals surface area (Å²) in [6, 6.07) is 0. The molecule has 0 amide bonds. The minimum atomic E-state index is -0.938. The van der Waals surface area contributed by atoms with Crippen LogP contribution in [-0.2, 0) is 0 Å². The Morgan fingerprint density at radius 2 is 1.07 bits per heavy atom. The zero-order valence-corrected chi connectivity index (χ0v) is 11.4. The Labute approximate surface area is 105 Å². The molecule has 0 N–H and O–H groups in total. The van der Waals surface area contributed by atoms with Crippen molar-refractivity contribution in [2.75, 3.05) is 0 Å². The molecule has 0 nitrogen and oxygen atoms in total. The molecule has 0 saturated carbocycles. The smallest absolute Gasteiger partial charge is 0.221 e. The van der Waals surface area contributed by atoms with Gasteiger partial charge in [-0.05, 0) is 6.68 Å². The molecule has 14 heavy (non-hydrogen) atoms. The van der Waals surface area contributed by atoms with Crippen LogP contribution < -0.4 is 18.9 Å². The van der Waals surface area contributed by atoms with Gasteiger partial charge in [0.15, 0.2) is 0 Å². The Hall–Kier alpha value is 0.662. The number of rotatable bonds is 6. The van der Waals surface area contributed by atoms with Gasteiger partial charge in [0.25, 0.3) is 0 Å². The van der Waals surface area contributed by atoms with Crippen molar-refractivity contribution in [3.63, 3.8) is 0 Å². The fourth-order valence-corrected chi connectivity index (χ4v) is 2.50. The van der Waals surface area contributed by atoms with Crippen molar-refractivity contribution in [3.05, 3.63) is 0 Å². The van der Waals surface area contributed by atoms with Crippen LogP contribution in [0.2, 0.25) is 17.5 Å². The molecule has 0 aromatic rings. The van der Waals surface area contributed by atoms with E-state index in [1.54, 1.807) is 0 Å². The van der Waals surface area contributed by atoms with Gasteiger partial charge in [0.2, 0.25) is 0 Å². The third-order valence-corrected chi connectivity index (χ3v) is 3.90. The van der Waals surface area contributed by atoms with Crippen LogP contribution in [0.25, 0.3) is 0 Å². The predicted molar refractivity (Wildman–Crippen MR) is 66.3 cm³/mol. The molecule has 0 aromatic heterocycles. The quantitative estimate of drug-likeness (QED) is 0.559. The van der Waals surface area contributed by atoms with Crippen LogP contribution in [-0.4, -0.2) is 8.01 Å². The number of hydrogen-bond acceptors (Lipinski definition) is 0. The molecule has 0 heterocycles. The molecule has 0 aliphatic rings. The molecule has 0 aliphatic heterocycles. The summed E-state index contributed by atoms with van der Waals surface area (Å²) in [4.78, 5) is 0. The summed E-state index contributed by atoms with van der Waals surface area (Å²) >= 11 is 0. The molecule has 0 spiro atoms. The molecule has 80 valence electrons. The van der Waals surface area contributed by atoms with E-state index >= 15 is 0 Å². The minimum Gasteiger partial charge on any atom is -0.221 e. The first-order chi connectivity index (χ1) is 6.44. The van der Waals surface area contributed by atoms with Crippen molar-refractivity contribution in [1.29, 1.82) is 1.34 Å². The van der Waals surface area contributed by atoms with Crippen molar-refractivity contribution in [2.45, 2.75) is 78.3 Å². The molecular weight excluding hydrogens is 162 g/mol. The van der Waals surface area contributed by atoms with Gasteiger partial charge in [-0.1, -0.05) is 60.8 Å². The molecule has 0 aliphatic carbocycles. The van der Waals surface area contributed by atoms with E-state index in [0.717, 1.165) is 19.3 Å². The van der Waals surface area contributed by atoms with Crippen molar-refractivity contribution in [2.24, 2.45) is 0 Å². The van der Waals surface area contributed by atoms with Gasteiger partial charge in [-0.2, -0.15) is 17.5 Å². The van der Waals surface area contributed by atoms with Gasteiger partial charge in [-0.15, -0.1) is 0 Å². The zero-order valence-electron chi connectivity index (χ0n) is 12.4. The number of hydrogen-bond donors (Lipinski definition) is 0.